The van der Waals surface area contributed by atoms with Crippen LogP contribution in [0.4, 0.5) is 0 Å². The van der Waals surface area contributed by atoms with Crippen molar-refractivity contribution in [2.75, 3.05) is 0 Å². The summed E-state index contributed by atoms with van der Waals surface area (Å²) in [5, 5.41) is 18.2. The minimum absolute atomic E-state index is 0.308. The maximum absolute atomic E-state index is 10.5. The molecular formula is C9H12N2O3. The fraction of sp³-hybridized carbons (Fsp3) is 0.333. The van der Waals surface area contributed by atoms with Crippen LogP contribution in [0.1, 0.15) is 17.4 Å². The van der Waals surface area contributed by atoms with Crippen LogP contribution in [0.3, 0.4) is 0 Å². The molecular weight excluding hydrogens is 184 g/mol. The second-order valence-electron chi connectivity index (χ2n) is 3.01. The van der Waals surface area contributed by atoms with Crippen LogP contribution in [0, 0.1) is 6.92 Å². The van der Waals surface area contributed by atoms with Crippen LogP contribution in [0.15, 0.2) is 18.3 Å². The third-order valence-electron chi connectivity index (χ3n) is 1.96. The van der Waals surface area contributed by atoms with Gasteiger partial charge in [-0.05, 0) is 18.6 Å². The van der Waals surface area contributed by atoms with Gasteiger partial charge >= 0.3 is 5.97 Å². The molecule has 0 fully saturated rings. The molecule has 5 nitrogen and oxygen atoms in total. The van der Waals surface area contributed by atoms with Gasteiger partial charge in [-0.25, -0.2) is 0 Å². The molecule has 1 aromatic heterocycles. The Morgan fingerprint density at radius 3 is 2.79 bits per heavy atom. The number of carboxylic acids is 1. The second kappa shape index (κ2) is 4.17. The van der Waals surface area contributed by atoms with Gasteiger partial charge in [0.1, 0.15) is 12.1 Å². The number of nitrogens with two attached hydrogens (primary N) is 1. The first-order valence-electron chi connectivity index (χ1n) is 4.12. The molecule has 1 heterocycles. The molecule has 0 saturated heterocycles. The SMILES string of the molecule is Cc1cccnc1C(O)C(N)C(=O)O. The Balaban J connectivity index is 2.94. The van der Waals surface area contributed by atoms with Crippen LogP contribution >= 0.6 is 0 Å². The van der Waals surface area contributed by atoms with Gasteiger partial charge in [-0.1, -0.05) is 6.07 Å². The van der Waals surface area contributed by atoms with E-state index in [1.807, 2.05) is 0 Å². The number of aliphatic hydroxyl groups is 1. The molecule has 1 aromatic rings. The zero-order valence-electron chi connectivity index (χ0n) is 7.71. The predicted molar refractivity (Wildman–Crippen MR) is 49.5 cm³/mol. The highest BCUT2D eigenvalue weighted by Crippen LogP contribution is 2.16. The zero-order valence-corrected chi connectivity index (χ0v) is 7.71. The average molecular weight is 196 g/mol. The highest BCUT2D eigenvalue weighted by molar-refractivity contribution is 5.74. The Hall–Kier alpha value is -1.46. The molecule has 76 valence electrons. The first kappa shape index (κ1) is 10.6. The van der Waals surface area contributed by atoms with Crippen molar-refractivity contribution in [3.63, 3.8) is 0 Å². The molecule has 0 aliphatic carbocycles. The van der Waals surface area contributed by atoms with Crippen molar-refractivity contribution in [2.24, 2.45) is 5.73 Å². The summed E-state index contributed by atoms with van der Waals surface area (Å²) in [5.41, 5.74) is 6.30. The van der Waals surface area contributed by atoms with E-state index >= 15 is 0 Å². The molecule has 0 amide bonds. The summed E-state index contributed by atoms with van der Waals surface area (Å²) in [6.45, 7) is 1.74. The molecule has 0 bridgehead atoms. The standard InChI is InChI=1S/C9H12N2O3/c1-5-3-2-4-11-7(5)8(12)6(10)9(13)14/h2-4,6,8,12H,10H2,1H3,(H,13,14). The van der Waals surface area contributed by atoms with Crippen molar-refractivity contribution >= 4 is 5.97 Å². The summed E-state index contributed by atoms with van der Waals surface area (Å²) in [5.74, 6) is -1.25. The van der Waals surface area contributed by atoms with Crippen LogP contribution in [0.5, 0.6) is 0 Å². The van der Waals surface area contributed by atoms with Gasteiger partial charge in [0.25, 0.3) is 0 Å². The number of aromatic nitrogens is 1. The lowest BCUT2D eigenvalue weighted by Gasteiger charge is -2.15. The Kier molecular flexibility index (Phi) is 3.16. The van der Waals surface area contributed by atoms with Crippen molar-refractivity contribution in [3.05, 3.63) is 29.6 Å². The smallest absolute Gasteiger partial charge is 0.323 e. The number of hydrogen-bond acceptors (Lipinski definition) is 4. The van der Waals surface area contributed by atoms with Gasteiger partial charge in [0.2, 0.25) is 0 Å². The third-order valence-corrected chi connectivity index (χ3v) is 1.96. The molecule has 2 atom stereocenters. The lowest BCUT2D eigenvalue weighted by molar-refractivity contribution is -0.141. The number of hydrogen-bond donors (Lipinski definition) is 3. The van der Waals surface area contributed by atoms with Crippen molar-refractivity contribution in [2.45, 2.75) is 19.1 Å². The summed E-state index contributed by atoms with van der Waals surface area (Å²) >= 11 is 0. The van der Waals surface area contributed by atoms with E-state index in [0.29, 0.717) is 5.69 Å². The summed E-state index contributed by atoms with van der Waals surface area (Å²) < 4.78 is 0. The number of rotatable bonds is 3. The van der Waals surface area contributed by atoms with E-state index < -0.39 is 18.1 Å². The number of aryl methyl sites for hydroxylation is 1. The van der Waals surface area contributed by atoms with Gasteiger partial charge in [-0.3, -0.25) is 9.78 Å². The molecule has 0 aliphatic rings. The van der Waals surface area contributed by atoms with Crippen molar-refractivity contribution in [3.8, 4) is 0 Å². The molecule has 14 heavy (non-hydrogen) atoms. The van der Waals surface area contributed by atoms with Crippen LogP contribution in [0.25, 0.3) is 0 Å². The molecule has 5 heteroatoms. The van der Waals surface area contributed by atoms with E-state index in [4.69, 9.17) is 10.8 Å². The highest BCUT2D eigenvalue weighted by atomic mass is 16.4. The summed E-state index contributed by atoms with van der Waals surface area (Å²) in [7, 11) is 0. The Labute approximate surface area is 81.2 Å². The number of carbonyl (C=O) groups is 1. The monoisotopic (exact) mass is 196 g/mol. The summed E-state index contributed by atoms with van der Waals surface area (Å²) in [6, 6.07) is 2.10. The molecule has 2 unspecified atom stereocenters. The van der Waals surface area contributed by atoms with E-state index in [1.54, 1.807) is 19.1 Å². The van der Waals surface area contributed by atoms with Gasteiger partial charge in [0.15, 0.2) is 0 Å². The molecule has 0 saturated carbocycles. The van der Waals surface area contributed by atoms with Crippen molar-refractivity contribution < 1.29 is 15.0 Å². The van der Waals surface area contributed by atoms with E-state index in [1.165, 1.54) is 6.20 Å². The Morgan fingerprint density at radius 2 is 2.29 bits per heavy atom. The minimum Gasteiger partial charge on any atom is -0.480 e. The maximum Gasteiger partial charge on any atom is 0.323 e. The van der Waals surface area contributed by atoms with Gasteiger partial charge in [0, 0.05) is 6.20 Å². The fourth-order valence-electron chi connectivity index (χ4n) is 1.11. The number of nitrogens with zero attached hydrogens (tertiary/aromatic N) is 1. The fourth-order valence-corrected chi connectivity index (χ4v) is 1.11. The topological polar surface area (TPSA) is 96.4 Å². The molecule has 0 aliphatic heterocycles. The predicted octanol–water partition coefficient (Wildman–Crippen LogP) is -0.165. The molecule has 0 radical (unpaired) electrons. The third kappa shape index (κ3) is 2.07. The molecule has 4 N–H and O–H groups in total. The van der Waals surface area contributed by atoms with Crippen LogP contribution in [-0.2, 0) is 4.79 Å². The van der Waals surface area contributed by atoms with Gasteiger partial charge in [-0.15, -0.1) is 0 Å². The first-order valence-corrected chi connectivity index (χ1v) is 4.12. The number of aliphatic carboxylic acids is 1. The molecule has 1 rings (SSSR count). The first-order chi connectivity index (χ1) is 6.54. The Bertz CT molecular complexity index is 341. The van der Waals surface area contributed by atoms with Crippen LogP contribution in [0.2, 0.25) is 0 Å². The normalized spacial score (nSPS) is 14.8. The van der Waals surface area contributed by atoms with Crippen molar-refractivity contribution in [1.29, 1.82) is 0 Å². The summed E-state index contributed by atoms with van der Waals surface area (Å²) in [6.07, 6.45) is 0.217. The number of aliphatic hydroxyl groups excluding tert-OH is 1. The lowest BCUT2D eigenvalue weighted by atomic mass is 10.0. The van der Waals surface area contributed by atoms with Crippen molar-refractivity contribution in [1.82, 2.24) is 4.98 Å². The second-order valence-corrected chi connectivity index (χ2v) is 3.01. The van der Waals surface area contributed by atoms with Gasteiger partial charge in [0.05, 0.1) is 5.69 Å². The minimum atomic E-state index is -1.34. The summed E-state index contributed by atoms with van der Waals surface area (Å²) in [4.78, 5) is 14.4. The van der Waals surface area contributed by atoms with Gasteiger partial charge in [-0.2, -0.15) is 0 Å². The maximum atomic E-state index is 10.5. The number of pyridine rings is 1. The average Bonchev–Trinajstić information content (AvgIpc) is 2.16. The van der Waals surface area contributed by atoms with Gasteiger partial charge < -0.3 is 15.9 Å². The largest absolute Gasteiger partial charge is 0.480 e. The molecule has 0 aromatic carbocycles. The molecule has 0 spiro atoms. The van der Waals surface area contributed by atoms with Crippen LogP contribution in [-0.4, -0.2) is 27.2 Å². The highest BCUT2D eigenvalue weighted by Gasteiger charge is 2.25. The lowest BCUT2D eigenvalue weighted by Crippen LogP contribution is -2.37. The van der Waals surface area contributed by atoms with E-state index in [0.717, 1.165) is 5.56 Å². The van der Waals surface area contributed by atoms with Crippen LogP contribution < -0.4 is 5.73 Å². The quantitative estimate of drug-likeness (QED) is 0.624. The zero-order chi connectivity index (χ0) is 10.7. The Morgan fingerprint density at radius 1 is 1.64 bits per heavy atom. The van der Waals surface area contributed by atoms with E-state index in [9.17, 15) is 9.90 Å². The number of carboxylic acid groups (broad SMARTS) is 1. The van der Waals surface area contributed by atoms with E-state index in [2.05, 4.69) is 4.98 Å². The van der Waals surface area contributed by atoms with E-state index in [-0.39, 0.29) is 0 Å².